The van der Waals surface area contributed by atoms with Crippen LogP contribution in [0.3, 0.4) is 0 Å². The highest BCUT2D eigenvalue weighted by Gasteiger charge is 1.97. The van der Waals surface area contributed by atoms with Crippen LogP contribution in [0.15, 0.2) is 29.3 Å². The lowest BCUT2D eigenvalue weighted by atomic mass is 10.2. The molecule has 0 fully saturated rings. The Morgan fingerprint density at radius 2 is 1.77 bits per heavy atom. The molecule has 1 rings (SSSR count). The van der Waals surface area contributed by atoms with E-state index in [1.807, 2.05) is 31.2 Å². The smallest absolute Gasteiger partial charge is 0.191 e. The number of aryl methyl sites for hydroxylation is 1. The third-order valence-electron chi connectivity index (χ3n) is 3.12. The molecule has 0 unspecified atom stereocenters. The standard InChI is InChI=1S/C17H29N3O2/c1-4-21-13-6-5-11-19-17(18-3)20-12-14-22-16-9-7-15(2)8-10-16/h7-10H,4-6,11-14H2,1-3H3,(H2,18,19,20). The molecule has 0 aromatic heterocycles. The van der Waals surface area contributed by atoms with Crippen LogP contribution < -0.4 is 15.4 Å². The lowest BCUT2D eigenvalue weighted by Crippen LogP contribution is -2.39. The second-order valence-electron chi connectivity index (χ2n) is 4.99. The third-order valence-corrected chi connectivity index (χ3v) is 3.12. The highest BCUT2D eigenvalue weighted by molar-refractivity contribution is 5.79. The predicted molar refractivity (Wildman–Crippen MR) is 91.8 cm³/mol. The first-order valence-electron chi connectivity index (χ1n) is 7.98. The van der Waals surface area contributed by atoms with E-state index >= 15 is 0 Å². The number of benzene rings is 1. The Hall–Kier alpha value is -1.75. The average molecular weight is 307 g/mol. The molecule has 1 aromatic rings. The maximum atomic E-state index is 5.66. The molecule has 0 saturated heterocycles. The molecule has 2 N–H and O–H groups in total. The molecule has 0 aliphatic rings. The number of ether oxygens (including phenoxy) is 2. The van der Waals surface area contributed by atoms with Gasteiger partial charge < -0.3 is 20.1 Å². The molecule has 5 nitrogen and oxygen atoms in total. The van der Waals surface area contributed by atoms with Crippen molar-refractivity contribution in [1.82, 2.24) is 10.6 Å². The lowest BCUT2D eigenvalue weighted by molar-refractivity contribution is 0.143. The first-order valence-corrected chi connectivity index (χ1v) is 7.98. The van der Waals surface area contributed by atoms with Gasteiger partial charge in [0.25, 0.3) is 0 Å². The minimum atomic E-state index is 0.605. The Labute approximate surface area is 134 Å². The summed E-state index contributed by atoms with van der Waals surface area (Å²) in [5.74, 6) is 1.70. The van der Waals surface area contributed by atoms with E-state index < -0.39 is 0 Å². The second kappa shape index (κ2) is 11.9. The van der Waals surface area contributed by atoms with Crippen molar-refractivity contribution < 1.29 is 9.47 Å². The summed E-state index contributed by atoms with van der Waals surface area (Å²) in [5, 5.41) is 6.52. The highest BCUT2D eigenvalue weighted by atomic mass is 16.5. The van der Waals surface area contributed by atoms with Gasteiger partial charge in [0.2, 0.25) is 0 Å². The van der Waals surface area contributed by atoms with Crippen LogP contribution in [0.5, 0.6) is 5.75 Å². The van der Waals surface area contributed by atoms with Crippen LogP contribution in [0.25, 0.3) is 0 Å². The number of guanidine groups is 1. The lowest BCUT2D eigenvalue weighted by Gasteiger charge is -2.12. The molecule has 0 aliphatic heterocycles. The quantitative estimate of drug-likeness (QED) is 0.396. The second-order valence-corrected chi connectivity index (χ2v) is 4.99. The van der Waals surface area contributed by atoms with Crippen molar-refractivity contribution in [3.63, 3.8) is 0 Å². The van der Waals surface area contributed by atoms with E-state index in [0.717, 1.165) is 44.3 Å². The van der Waals surface area contributed by atoms with Crippen molar-refractivity contribution in [1.29, 1.82) is 0 Å². The topological polar surface area (TPSA) is 54.9 Å². The first-order chi connectivity index (χ1) is 10.8. The molecular formula is C17H29N3O2. The molecule has 0 saturated carbocycles. The van der Waals surface area contributed by atoms with Crippen molar-refractivity contribution in [3.05, 3.63) is 29.8 Å². The zero-order valence-electron chi connectivity index (χ0n) is 14.0. The summed E-state index contributed by atoms with van der Waals surface area (Å²) in [5.41, 5.74) is 1.24. The molecule has 1 aromatic carbocycles. The summed E-state index contributed by atoms with van der Waals surface area (Å²) >= 11 is 0. The van der Waals surface area contributed by atoms with Gasteiger partial charge in [0, 0.05) is 26.8 Å². The predicted octanol–water partition coefficient (Wildman–Crippen LogP) is 2.36. The highest BCUT2D eigenvalue weighted by Crippen LogP contribution is 2.10. The molecule has 0 amide bonds. The Morgan fingerprint density at radius 3 is 2.45 bits per heavy atom. The number of rotatable bonds is 10. The van der Waals surface area contributed by atoms with Crippen LogP contribution in [0, 0.1) is 6.92 Å². The van der Waals surface area contributed by atoms with Crippen molar-refractivity contribution in [2.45, 2.75) is 26.7 Å². The van der Waals surface area contributed by atoms with E-state index in [2.05, 4.69) is 22.5 Å². The van der Waals surface area contributed by atoms with Gasteiger partial charge in [-0.05, 0) is 38.8 Å². The van der Waals surface area contributed by atoms with Gasteiger partial charge in [0.05, 0.1) is 6.54 Å². The van der Waals surface area contributed by atoms with Crippen LogP contribution >= 0.6 is 0 Å². The van der Waals surface area contributed by atoms with Crippen LogP contribution in [0.2, 0.25) is 0 Å². The van der Waals surface area contributed by atoms with E-state index in [4.69, 9.17) is 9.47 Å². The zero-order chi connectivity index (χ0) is 16.0. The monoisotopic (exact) mass is 307 g/mol. The normalized spacial score (nSPS) is 11.3. The van der Waals surface area contributed by atoms with E-state index in [1.54, 1.807) is 7.05 Å². The molecule has 124 valence electrons. The number of hydrogen-bond donors (Lipinski definition) is 2. The fraction of sp³-hybridized carbons (Fsp3) is 0.588. The number of hydrogen-bond acceptors (Lipinski definition) is 3. The fourth-order valence-electron chi connectivity index (χ4n) is 1.87. The summed E-state index contributed by atoms with van der Waals surface area (Å²) in [4.78, 5) is 4.19. The molecule has 22 heavy (non-hydrogen) atoms. The largest absolute Gasteiger partial charge is 0.492 e. The van der Waals surface area contributed by atoms with E-state index in [0.29, 0.717) is 13.2 Å². The first kappa shape index (κ1) is 18.3. The van der Waals surface area contributed by atoms with Crippen LogP contribution in [-0.2, 0) is 4.74 Å². The van der Waals surface area contributed by atoms with Crippen molar-refractivity contribution in [3.8, 4) is 5.75 Å². The molecule has 0 aliphatic carbocycles. The molecule has 5 heteroatoms. The number of aliphatic imine (C=N–C) groups is 1. The van der Waals surface area contributed by atoms with Gasteiger partial charge in [-0.2, -0.15) is 0 Å². The Kier molecular flexibility index (Phi) is 9.87. The third kappa shape index (κ3) is 8.52. The summed E-state index contributed by atoms with van der Waals surface area (Å²) in [6.07, 6.45) is 2.13. The maximum Gasteiger partial charge on any atom is 0.191 e. The zero-order valence-corrected chi connectivity index (χ0v) is 14.0. The molecule has 0 radical (unpaired) electrons. The van der Waals surface area contributed by atoms with E-state index in [-0.39, 0.29) is 0 Å². The van der Waals surface area contributed by atoms with E-state index in [9.17, 15) is 0 Å². The molecule has 0 bridgehead atoms. The molecule has 0 spiro atoms. The van der Waals surface area contributed by atoms with Gasteiger partial charge in [-0.1, -0.05) is 17.7 Å². The van der Waals surface area contributed by atoms with Gasteiger partial charge >= 0.3 is 0 Å². The minimum absolute atomic E-state index is 0.605. The average Bonchev–Trinajstić information content (AvgIpc) is 2.54. The van der Waals surface area contributed by atoms with Crippen molar-refractivity contribution >= 4 is 5.96 Å². The molecule has 0 atom stereocenters. The number of unbranched alkanes of at least 4 members (excludes halogenated alkanes) is 1. The van der Waals surface area contributed by atoms with Crippen molar-refractivity contribution in [2.24, 2.45) is 4.99 Å². The SMILES string of the molecule is CCOCCCCNC(=NC)NCCOc1ccc(C)cc1. The van der Waals surface area contributed by atoms with Gasteiger partial charge in [-0.3, -0.25) is 4.99 Å². The Balaban J connectivity index is 2.07. The van der Waals surface area contributed by atoms with Gasteiger partial charge in [-0.15, -0.1) is 0 Å². The van der Waals surface area contributed by atoms with Gasteiger partial charge in [-0.25, -0.2) is 0 Å². The maximum absolute atomic E-state index is 5.66. The van der Waals surface area contributed by atoms with Gasteiger partial charge in [0.15, 0.2) is 5.96 Å². The van der Waals surface area contributed by atoms with Crippen LogP contribution in [-0.4, -0.2) is 45.9 Å². The summed E-state index contributed by atoms with van der Waals surface area (Å²) in [6.45, 7) is 7.91. The summed E-state index contributed by atoms with van der Waals surface area (Å²) in [7, 11) is 1.77. The summed E-state index contributed by atoms with van der Waals surface area (Å²) < 4.78 is 11.0. The van der Waals surface area contributed by atoms with Crippen LogP contribution in [0.4, 0.5) is 0 Å². The number of nitrogens with zero attached hydrogens (tertiary/aromatic N) is 1. The van der Waals surface area contributed by atoms with Crippen LogP contribution in [0.1, 0.15) is 25.3 Å². The van der Waals surface area contributed by atoms with Gasteiger partial charge in [0.1, 0.15) is 12.4 Å². The number of nitrogens with one attached hydrogen (secondary N) is 2. The van der Waals surface area contributed by atoms with E-state index in [1.165, 1.54) is 5.56 Å². The minimum Gasteiger partial charge on any atom is -0.492 e. The Morgan fingerprint density at radius 1 is 1.05 bits per heavy atom. The molecular weight excluding hydrogens is 278 g/mol. The fourth-order valence-corrected chi connectivity index (χ4v) is 1.87. The Bertz CT molecular complexity index is 418. The van der Waals surface area contributed by atoms with Crippen molar-refractivity contribution in [2.75, 3.05) is 40.0 Å². The summed E-state index contributed by atoms with van der Waals surface area (Å²) in [6, 6.07) is 8.07. The molecule has 0 heterocycles.